The maximum atomic E-state index is 12.8. The normalized spacial score (nSPS) is 55.0. The van der Waals surface area contributed by atoms with Crippen molar-refractivity contribution >= 4 is 5.97 Å². The largest absolute Gasteiger partial charge is 0.481 e. The molecule has 0 heterocycles. The second-order valence-electron chi connectivity index (χ2n) is 14.5. The lowest BCUT2D eigenvalue weighted by molar-refractivity contribution is -0.248. The molecule has 0 aromatic rings. The van der Waals surface area contributed by atoms with Crippen LogP contribution in [0, 0.1) is 56.7 Å². The number of hydrogen-bond donors (Lipinski definition) is 2. The predicted octanol–water partition coefficient (Wildman–Crippen LogP) is 7.09. The fourth-order valence-corrected chi connectivity index (χ4v) is 11.5. The van der Waals surface area contributed by atoms with Crippen LogP contribution >= 0.6 is 0 Å². The van der Waals surface area contributed by atoms with Crippen LogP contribution in [0.5, 0.6) is 0 Å². The van der Waals surface area contributed by atoms with Crippen molar-refractivity contribution < 1.29 is 15.0 Å². The first kappa shape index (κ1) is 23.9. The SMILES string of the molecule is C=C(C)[C@@H]1CC[C@]2(C(=O)O)CC[C@]3(C)[C@@H](CC[C@@H]4[C@@]5(C)CC[C@@H](O)C(C)(C)[C@@H]5CC[C@]43C)[C@@H]12. The zero-order chi connectivity index (χ0) is 24.2. The molecule has 3 nitrogen and oxygen atoms in total. The molecule has 5 aliphatic carbocycles. The van der Waals surface area contributed by atoms with E-state index in [1.807, 2.05) is 0 Å². The van der Waals surface area contributed by atoms with E-state index >= 15 is 0 Å². The third-order valence-electron chi connectivity index (χ3n) is 13.5. The topological polar surface area (TPSA) is 57.5 Å². The Balaban J connectivity index is 1.57. The van der Waals surface area contributed by atoms with Crippen molar-refractivity contribution in [1.29, 1.82) is 0 Å². The molecule has 186 valence electrons. The van der Waals surface area contributed by atoms with Gasteiger partial charge in [-0.25, -0.2) is 0 Å². The van der Waals surface area contributed by atoms with Gasteiger partial charge in [0.25, 0.3) is 0 Å². The summed E-state index contributed by atoms with van der Waals surface area (Å²) in [7, 11) is 0. The number of carboxylic acid groups (broad SMARTS) is 1. The zero-order valence-corrected chi connectivity index (χ0v) is 22.0. The summed E-state index contributed by atoms with van der Waals surface area (Å²) in [5.41, 5.74) is 1.35. The van der Waals surface area contributed by atoms with Crippen molar-refractivity contribution in [1.82, 2.24) is 0 Å². The lowest BCUT2D eigenvalue weighted by Crippen LogP contribution is -2.67. The minimum Gasteiger partial charge on any atom is -0.481 e. The third-order valence-corrected chi connectivity index (χ3v) is 13.5. The minimum atomic E-state index is -0.538. The second-order valence-corrected chi connectivity index (χ2v) is 14.5. The molecule has 0 aliphatic heterocycles. The highest BCUT2D eigenvalue weighted by molar-refractivity contribution is 5.76. The maximum Gasteiger partial charge on any atom is 0.309 e. The van der Waals surface area contributed by atoms with E-state index in [2.05, 4.69) is 48.1 Å². The number of rotatable bonds is 2. The van der Waals surface area contributed by atoms with Crippen molar-refractivity contribution in [3.8, 4) is 0 Å². The van der Waals surface area contributed by atoms with E-state index in [0.717, 1.165) is 38.5 Å². The van der Waals surface area contributed by atoms with E-state index in [9.17, 15) is 15.0 Å². The van der Waals surface area contributed by atoms with Gasteiger partial charge < -0.3 is 10.2 Å². The molecule has 0 amide bonds. The summed E-state index contributed by atoms with van der Waals surface area (Å²) in [6.45, 7) is 18.8. The fraction of sp³-hybridized carbons (Fsp3) is 0.900. The van der Waals surface area contributed by atoms with Crippen molar-refractivity contribution in [3.05, 3.63) is 12.2 Å². The van der Waals surface area contributed by atoms with Gasteiger partial charge in [0, 0.05) is 0 Å². The molecule has 5 fully saturated rings. The molecule has 0 aromatic heterocycles. The molecule has 0 spiro atoms. The smallest absolute Gasteiger partial charge is 0.309 e. The molecule has 3 heteroatoms. The maximum absolute atomic E-state index is 12.8. The van der Waals surface area contributed by atoms with Crippen LogP contribution in [0.15, 0.2) is 12.2 Å². The molecule has 0 aromatic carbocycles. The van der Waals surface area contributed by atoms with Crippen LogP contribution in [-0.2, 0) is 4.79 Å². The molecule has 2 N–H and O–H groups in total. The van der Waals surface area contributed by atoms with Crippen LogP contribution in [0.2, 0.25) is 0 Å². The van der Waals surface area contributed by atoms with Gasteiger partial charge in [0.1, 0.15) is 0 Å². The molecular weight excluding hydrogens is 408 g/mol. The Morgan fingerprint density at radius 3 is 2.15 bits per heavy atom. The highest BCUT2D eigenvalue weighted by Gasteiger charge is 2.71. The van der Waals surface area contributed by atoms with Gasteiger partial charge >= 0.3 is 5.97 Å². The summed E-state index contributed by atoms with van der Waals surface area (Å²) in [4.78, 5) is 12.8. The van der Waals surface area contributed by atoms with Crippen LogP contribution < -0.4 is 0 Å². The molecule has 0 saturated heterocycles. The van der Waals surface area contributed by atoms with Gasteiger partial charge in [0.2, 0.25) is 0 Å². The van der Waals surface area contributed by atoms with Gasteiger partial charge in [-0.2, -0.15) is 0 Å². The van der Waals surface area contributed by atoms with Crippen molar-refractivity contribution in [2.24, 2.45) is 56.7 Å². The van der Waals surface area contributed by atoms with Gasteiger partial charge in [0.05, 0.1) is 11.5 Å². The Kier molecular flexibility index (Phi) is 5.15. The third kappa shape index (κ3) is 2.75. The number of aliphatic hydroxyl groups is 1. The second kappa shape index (κ2) is 7.11. The average molecular weight is 457 g/mol. The number of aliphatic hydroxyl groups excluding tert-OH is 1. The van der Waals surface area contributed by atoms with E-state index in [1.54, 1.807) is 0 Å². The summed E-state index contributed by atoms with van der Waals surface area (Å²) >= 11 is 0. The first-order valence-electron chi connectivity index (χ1n) is 13.8. The number of allylic oxidation sites excluding steroid dienone is 1. The van der Waals surface area contributed by atoms with Crippen LogP contribution in [0.4, 0.5) is 0 Å². The number of carbonyl (C=O) groups is 1. The Hall–Kier alpha value is -0.830. The van der Waals surface area contributed by atoms with Gasteiger partial charge in [-0.3, -0.25) is 4.79 Å². The van der Waals surface area contributed by atoms with Crippen LogP contribution in [0.1, 0.15) is 106 Å². The molecule has 0 bridgehead atoms. The summed E-state index contributed by atoms with van der Waals surface area (Å²) in [6, 6.07) is 0. The quantitative estimate of drug-likeness (QED) is 0.436. The van der Waals surface area contributed by atoms with Gasteiger partial charge in [-0.1, -0.05) is 46.8 Å². The lowest BCUT2D eigenvalue weighted by Gasteiger charge is -2.72. The molecule has 0 unspecified atom stereocenters. The van der Waals surface area contributed by atoms with Crippen molar-refractivity contribution in [2.45, 2.75) is 112 Å². The predicted molar refractivity (Wildman–Crippen MR) is 133 cm³/mol. The van der Waals surface area contributed by atoms with Crippen LogP contribution in [0.25, 0.3) is 0 Å². The highest BCUT2D eigenvalue weighted by atomic mass is 16.4. The molecule has 33 heavy (non-hydrogen) atoms. The summed E-state index contributed by atoms with van der Waals surface area (Å²) in [6.07, 6.45) is 10.5. The Labute approximate surface area is 201 Å². The monoisotopic (exact) mass is 456 g/mol. The average Bonchev–Trinajstić information content (AvgIpc) is 3.13. The number of aliphatic carboxylic acids is 1. The highest BCUT2D eigenvalue weighted by Crippen LogP contribution is 2.77. The first-order chi connectivity index (χ1) is 15.3. The zero-order valence-electron chi connectivity index (χ0n) is 22.0. The van der Waals surface area contributed by atoms with E-state index in [1.165, 1.54) is 31.3 Å². The summed E-state index contributed by atoms with van der Waals surface area (Å²) in [5.74, 6) is 1.79. The molecule has 5 rings (SSSR count). The van der Waals surface area contributed by atoms with Crippen molar-refractivity contribution in [2.75, 3.05) is 0 Å². The lowest BCUT2D eigenvalue weighted by atomic mass is 9.32. The minimum absolute atomic E-state index is 0.0202. The Morgan fingerprint density at radius 1 is 0.818 bits per heavy atom. The van der Waals surface area contributed by atoms with Crippen molar-refractivity contribution in [3.63, 3.8) is 0 Å². The Bertz CT molecular complexity index is 861. The molecule has 0 radical (unpaired) electrons. The van der Waals surface area contributed by atoms with Gasteiger partial charge in [-0.05, 0) is 122 Å². The molecule has 5 aliphatic rings. The van der Waals surface area contributed by atoms with E-state index < -0.39 is 11.4 Å². The molecule has 10 atom stereocenters. The fourth-order valence-electron chi connectivity index (χ4n) is 11.5. The van der Waals surface area contributed by atoms with Crippen LogP contribution in [-0.4, -0.2) is 22.3 Å². The standard InChI is InChI=1S/C30H48O3/c1-18(2)19-10-15-30(25(32)33)17-16-28(6)20(24(19)30)8-9-22-27(5)13-12-23(31)26(3,4)21(27)11-14-29(22,28)7/h19-24,31H,1,8-17H2,2-7H3,(H,32,33)/t19-,20-,21-,22+,23+,24+,27-,28+,29+,30-/m0/s1. The first-order valence-corrected chi connectivity index (χ1v) is 13.8. The van der Waals surface area contributed by atoms with E-state index in [0.29, 0.717) is 23.7 Å². The number of hydrogen-bond acceptors (Lipinski definition) is 2. The number of fused-ring (bicyclic) bond motifs is 7. The van der Waals surface area contributed by atoms with Crippen LogP contribution in [0.3, 0.4) is 0 Å². The van der Waals surface area contributed by atoms with Gasteiger partial charge in [-0.15, -0.1) is 0 Å². The van der Waals surface area contributed by atoms with E-state index in [4.69, 9.17) is 0 Å². The molecular formula is C30H48O3. The number of carboxylic acids is 1. The summed E-state index contributed by atoms with van der Waals surface area (Å²) in [5, 5.41) is 21.4. The molecule has 5 saturated carbocycles. The Morgan fingerprint density at radius 2 is 1.52 bits per heavy atom. The van der Waals surface area contributed by atoms with E-state index in [-0.39, 0.29) is 33.7 Å². The summed E-state index contributed by atoms with van der Waals surface area (Å²) < 4.78 is 0. The van der Waals surface area contributed by atoms with Gasteiger partial charge in [0.15, 0.2) is 0 Å².